The summed E-state index contributed by atoms with van der Waals surface area (Å²) in [5.41, 5.74) is 2.18. The van der Waals surface area contributed by atoms with Gasteiger partial charge in [0.2, 0.25) is 0 Å². The maximum absolute atomic E-state index is 11.5. The highest BCUT2D eigenvalue weighted by atomic mass is 32.2. The fourth-order valence-corrected chi connectivity index (χ4v) is 3.36. The molecule has 0 radical (unpaired) electrons. The van der Waals surface area contributed by atoms with E-state index in [1.54, 1.807) is 6.08 Å². The first-order valence-electron chi connectivity index (χ1n) is 7.32. The number of amides is 2. The summed E-state index contributed by atoms with van der Waals surface area (Å²) in [5, 5.41) is 1.97. The van der Waals surface area contributed by atoms with Gasteiger partial charge in [-0.05, 0) is 48.4 Å². The molecule has 0 saturated carbocycles. The Morgan fingerprint density at radius 1 is 1.00 bits per heavy atom. The predicted molar refractivity (Wildman–Crippen MR) is 86.2 cm³/mol. The first-order chi connectivity index (χ1) is 10.2. The van der Waals surface area contributed by atoms with Crippen LogP contribution in [-0.4, -0.2) is 24.2 Å². The average Bonchev–Trinajstić information content (AvgIpc) is 2.71. The van der Waals surface area contributed by atoms with Crippen molar-refractivity contribution < 1.29 is 9.59 Å². The molecule has 0 aromatic heterocycles. The van der Waals surface area contributed by atoms with Gasteiger partial charge in [-0.3, -0.25) is 14.9 Å². The van der Waals surface area contributed by atoms with Crippen LogP contribution in [-0.2, 0) is 4.79 Å². The number of hydrogen-bond donors (Lipinski definition) is 1. The van der Waals surface area contributed by atoms with E-state index >= 15 is 0 Å². The van der Waals surface area contributed by atoms with Crippen LogP contribution in [0.25, 0.3) is 6.08 Å². The molecule has 2 aliphatic rings. The van der Waals surface area contributed by atoms with Crippen LogP contribution in [0.3, 0.4) is 0 Å². The molecule has 0 spiro atoms. The number of nitrogens with zero attached hydrogens (tertiary/aromatic N) is 1. The van der Waals surface area contributed by atoms with Gasteiger partial charge in [-0.15, -0.1) is 0 Å². The standard InChI is InChI=1S/C16H18N2O2S/c19-15-14(21-16(20)17-15)11-12-5-7-13(8-6-12)18-9-3-1-2-4-10-18/h5-8,11H,1-4,9-10H2,(H,17,19,20)/b14-11+. The van der Waals surface area contributed by atoms with Crippen molar-refractivity contribution in [3.63, 3.8) is 0 Å². The van der Waals surface area contributed by atoms with Gasteiger partial charge in [0.25, 0.3) is 11.1 Å². The number of benzene rings is 1. The molecule has 2 amide bonds. The number of anilines is 1. The molecular formula is C16H18N2O2S. The minimum Gasteiger partial charge on any atom is -0.372 e. The largest absolute Gasteiger partial charge is 0.372 e. The van der Waals surface area contributed by atoms with Gasteiger partial charge < -0.3 is 4.90 Å². The second-order valence-corrected chi connectivity index (χ2v) is 6.36. The monoisotopic (exact) mass is 302 g/mol. The minimum absolute atomic E-state index is 0.299. The molecule has 4 nitrogen and oxygen atoms in total. The Labute approximate surface area is 128 Å². The molecule has 0 aliphatic carbocycles. The molecule has 2 aliphatic heterocycles. The number of nitrogens with one attached hydrogen (secondary N) is 1. The summed E-state index contributed by atoms with van der Waals surface area (Å²) in [7, 11) is 0. The quantitative estimate of drug-likeness (QED) is 0.851. The lowest BCUT2D eigenvalue weighted by atomic mass is 10.1. The first kappa shape index (κ1) is 14.2. The first-order valence-corrected chi connectivity index (χ1v) is 8.14. The topological polar surface area (TPSA) is 49.4 Å². The molecular weight excluding hydrogens is 284 g/mol. The maximum atomic E-state index is 11.5. The number of hydrogen-bond acceptors (Lipinski definition) is 4. The minimum atomic E-state index is -0.304. The van der Waals surface area contributed by atoms with Crippen LogP contribution in [0, 0.1) is 0 Å². The number of rotatable bonds is 2. The van der Waals surface area contributed by atoms with E-state index in [-0.39, 0.29) is 11.1 Å². The number of carbonyl (C=O) groups excluding carboxylic acids is 2. The second-order valence-electron chi connectivity index (χ2n) is 5.35. The van der Waals surface area contributed by atoms with Crippen LogP contribution >= 0.6 is 11.8 Å². The van der Waals surface area contributed by atoms with E-state index in [1.807, 2.05) is 12.1 Å². The van der Waals surface area contributed by atoms with E-state index in [0.717, 1.165) is 30.4 Å². The van der Waals surface area contributed by atoms with Gasteiger partial charge in [0, 0.05) is 18.8 Å². The predicted octanol–water partition coefficient (Wildman–Crippen LogP) is 3.39. The molecule has 1 aromatic carbocycles. The highest BCUT2D eigenvalue weighted by molar-refractivity contribution is 8.18. The van der Waals surface area contributed by atoms with E-state index in [9.17, 15) is 9.59 Å². The molecule has 110 valence electrons. The smallest absolute Gasteiger partial charge is 0.290 e. The Kier molecular flexibility index (Phi) is 4.29. The summed E-state index contributed by atoms with van der Waals surface area (Å²) in [4.78, 5) is 25.5. The summed E-state index contributed by atoms with van der Waals surface area (Å²) in [6, 6.07) is 8.20. The summed E-state index contributed by atoms with van der Waals surface area (Å²) in [6.45, 7) is 2.24. The van der Waals surface area contributed by atoms with Crippen molar-refractivity contribution >= 4 is 34.7 Å². The number of imide groups is 1. The zero-order valence-electron chi connectivity index (χ0n) is 11.8. The van der Waals surface area contributed by atoms with Crippen molar-refractivity contribution in [2.75, 3.05) is 18.0 Å². The van der Waals surface area contributed by atoms with E-state index < -0.39 is 0 Å². The highest BCUT2D eigenvalue weighted by Gasteiger charge is 2.24. The van der Waals surface area contributed by atoms with Crippen molar-refractivity contribution in [2.45, 2.75) is 25.7 Å². The van der Waals surface area contributed by atoms with Gasteiger partial charge in [-0.2, -0.15) is 0 Å². The Morgan fingerprint density at radius 2 is 1.67 bits per heavy atom. The molecule has 5 heteroatoms. The van der Waals surface area contributed by atoms with Gasteiger partial charge in [0.1, 0.15) is 0 Å². The highest BCUT2D eigenvalue weighted by Crippen LogP contribution is 2.26. The molecule has 21 heavy (non-hydrogen) atoms. The molecule has 0 bridgehead atoms. The van der Waals surface area contributed by atoms with E-state index in [4.69, 9.17) is 0 Å². The molecule has 1 aromatic rings. The van der Waals surface area contributed by atoms with E-state index in [2.05, 4.69) is 22.3 Å². The zero-order chi connectivity index (χ0) is 14.7. The third-order valence-electron chi connectivity index (χ3n) is 3.80. The SMILES string of the molecule is O=C1NC(=O)/C(=C\c2ccc(N3CCCCCC3)cc2)S1. The van der Waals surface area contributed by atoms with Gasteiger partial charge in [-0.25, -0.2) is 0 Å². The molecule has 1 N–H and O–H groups in total. The number of thioether (sulfide) groups is 1. The lowest BCUT2D eigenvalue weighted by Crippen LogP contribution is -2.23. The van der Waals surface area contributed by atoms with Crippen molar-refractivity contribution in [3.8, 4) is 0 Å². The fraction of sp³-hybridized carbons (Fsp3) is 0.375. The second kappa shape index (κ2) is 6.35. The number of carbonyl (C=O) groups is 2. The zero-order valence-corrected chi connectivity index (χ0v) is 12.6. The van der Waals surface area contributed by atoms with Crippen molar-refractivity contribution in [1.29, 1.82) is 0 Å². The third kappa shape index (κ3) is 3.47. The van der Waals surface area contributed by atoms with Crippen LogP contribution in [0.15, 0.2) is 29.2 Å². The van der Waals surface area contributed by atoms with Gasteiger partial charge in [0.15, 0.2) is 0 Å². The molecule has 2 saturated heterocycles. The van der Waals surface area contributed by atoms with E-state index in [1.165, 1.54) is 31.4 Å². The van der Waals surface area contributed by atoms with Crippen LogP contribution in [0.4, 0.5) is 10.5 Å². The summed E-state index contributed by atoms with van der Waals surface area (Å²) >= 11 is 0.955. The third-order valence-corrected chi connectivity index (χ3v) is 4.61. The van der Waals surface area contributed by atoms with Crippen molar-refractivity contribution in [3.05, 3.63) is 34.7 Å². The normalized spacial score (nSPS) is 21.5. The van der Waals surface area contributed by atoms with Crippen molar-refractivity contribution in [1.82, 2.24) is 5.32 Å². The molecule has 2 fully saturated rings. The molecule has 0 atom stereocenters. The summed E-state index contributed by atoms with van der Waals surface area (Å²) in [5.74, 6) is -0.304. The van der Waals surface area contributed by atoms with Crippen LogP contribution in [0.5, 0.6) is 0 Å². The fourth-order valence-electron chi connectivity index (χ4n) is 2.68. The Balaban J connectivity index is 1.73. The summed E-state index contributed by atoms with van der Waals surface area (Å²) in [6.07, 6.45) is 6.91. The Morgan fingerprint density at radius 3 is 2.24 bits per heavy atom. The average molecular weight is 302 g/mol. The molecule has 3 rings (SSSR count). The Hall–Kier alpha value is -1.75. The van der Waals surface area contributed by atoms with Crippen LogP contribution in [0.2, 0.25) is 0 Å². The molecule has 0 unspecified atom stereocenters. The lowest BCUT2D eigenvalue weighted by molar-refractivity contribution is -0.115. The van der Waals surface area contributed by atoms with E-state index in [0.29, 0.717) is 4.91 Å². The molecule has 2 heterocycles. The Bertz CT molecular complexity index is 572. The van der Waals surface area contributed by atoms with Crippen molar-refractivity contribution in [2.24, 2.45) is 0 Å². The van der Waals surface area contributed by atoms with Crippen LogP contribution in [0.1, 0.15) is 31.2 Å². The summed E-state index contributed by atoms with van der Waals surface area (Å²) < 4.78 is 0. The maximum Gasteiger partial charge on any atom is 0.290 e. The van der Waals surface area contributed by atoms with Gasteiger partial charge >= 0.3 is 0 Å². The van der Waals surface area contributed by atoms with Gasteiger partial charge in [0.05, 0.1) is 4.91 Å². The van der Waals surface area contributed by atoms with Gasteiger partial charge in [-0.1, -0.05) is 25.0 Å². The van der Waals surface area contributed by atoms with Crippen LogP contribution < -0.4 is 10.2 Å². The lowest BCUT2D eigenvalue weighted by Gasteiger charge is -2.22.